The van der Waals surface area contributed by atoms with E-state index in [2.05, 4.69) is 15.8 Å². The van der Waals surface area contributed by atoms with Crippen molar-refractivity contribution in [3.05, 3.63) is 65.4 Å². The summed E-state index contributed by atoms with van der Waals surface area (Å²) in [6.45, 7) is 1.04. The quantitative estimate of drug-likeness (QED) is 0.511. The average Bonchev–Trinajstić information content (AvgIpc) is 3.27. The third kappa shape index (κ3) is 4.73. The first kappa shape index (κ1) is 22.9. The van der Waals surface area contributed by atoms with Crippen LogP contribution in [-0.4, -0.2) is 42.5 Å². The number of fused-ring (bicyclic) bond motifs is 1. The summed E-state index contributed by atoms with van der Waals surface area (Å²) in [6, 6.07) is 11.0. The predicted molar refractivity (Wildman–Crippen MR) is 123 cm³/mol. The van der Waals surface area contributed by atoms with Crippen LogP contribution in [0.4, 0.5) is 30.2 Å². The van der Waals surface area contributed by atoms with Crippen LogP contribution in [0.1, 0.15) is 16.8 Å². The number of ether oxygens (including phenoxy) is 1. The topological polar surface area (TPSA) is 99.9 Å². The summed E-state index contributed by atoms with van der Waals surface area (Å²) in [6.07, 6.45) is -3.31. The molecule has 35 heavy (non-hydrogen) atoms. The van der Waals surface area contributed by atoms with E-state index < -0.39 is 17.6 Å². The third-order valence-electron chi connectivity index (χ3n) is 5.77. The van der Waals surface area contributed by atoms with E-state index in [9.17, 15) is 23.1 Å². The van der Waals surface area contributed by atoms with Crippen LogP contribution in [-0.2, 0) is 22.3 Å². The molecular formula is C24H21F3N4O4. The number of hydrogen-bond donors (Lipinski definition) is 3. The number of carbonyl (C=O) groups excluding carboxylic acids is 1. The van der Waals surface area contributed by atoms with Gasteiger partial charge in [0.2, 0.25) is 0 Å². The first-order chi connectivity index (χ1) is 16.8. The molecule has 3 N–H and O–H groups in total. The molecule has 0 atom stereocenters. The molecule has 3 heterocycles. The molecule has 0 bridgehead atoms. The molecule has 2 aromatic carbocycles. The summed E-state index contributed by atoms with van der Waals surface area (Å²) in [5, 5.41) is 18.7. The Balaban J connectivity index is 1.54. The summed E-state index contributed by atoms with van der Waals surface area (Å²) in [7, 11) is 0. The number of anilines is 3. The monoisotopic (exact) mass is 486 g/mol. The zero-order valence-corrected chi connectivity index (χ0v) is 18.4. The normalized spacial score (nSPS) is 16.2. The minimum Gasteiger partial charge on any atom is -0.390 e. The summed E-state index contributed by atoms with van der Waals surface area (Å²) in [4.78, 5) is 14.2. The molecule has 0 aliphatic carbocycles. The highest BCUT2D eigenvalue weighted by molar-refractivity contribution is 6.10. The van der Waals surface area contributed by atoms with Crippen molar-refractivity contribution < 1.29 is 32.3 Å². The van der Waals surface area contributed by atoms with Crippen LogP contribution in [0.3, 0.4) is 0 Å². The molecular weight excluding hydrogens is 465 g/mol. The average molecular weight is 486 g/mol. The molecule has 8 nitrogen and oxygen atoms in total. The fourth-order valence-electron chi connectivity index (χ4n) is 4.09. The van der Waals surface area contributed by atoms with Crippen LogP contribution in [0.25, 0.3) is 17.0 Å². The van der Waals surface area contributed by atoms with Gasteiger partial charge in [0.25, 0.3) is 5.91 Å². The van der Waals surface area contributed by atoms with E-state index >= 15 is 0 Å². The number of nitrogens with one attached hydrogen (secondary N) is 2. The Morgan fingerprint density at radius 3 is 2.49 bits per heavy atom. The smallest absolute Gasteiger partial charge is 0.390 e. The van der Waals surface area contributed by atoms with E-state index in [4.69, 9.17) is 9.26 Å². The van der Waals surface area contributed by atoms with Crippen molar-refractivity contribution in [3.8, 4) is 11.3 Å². The number of hydrogen-bond acceptors (Lipinski definition) is 7. The van der Waals surface area contributed by atoms with Crippen molar-refractivity contribution in [3.63, 3.8) is 0 Å². The molecule has 3 aromatic rings. The summed E-state index contributed by atoms with van der Waals surface area (Å²) in [5.74, 6) is -0.134. The Morgan fingerprint density at radius 2 is 1.77 bits per heavy atom. The molecule has 1 amide bonds. The lowest BCUT2D eigenvalue weighted by Crippen LogP contribution is -2.37. The number of alkyl halides is 3. The highest BCUT2D eigenvalue weighted by atomic mass is 19.4. The van der Waals surface area contributed by atoms with Gasteiger partial charge in [0.15, 0.2) is 5.76 Å². The molecule has 182 valence electrons. The Morgan fingerprint density at radius 1 is 1.03 bits per heavy atom. The number of nitrogens with zero attached hydrogens (tertiary/aromatic N) is 2. The van der Waals surface area contributed by atoms with Crippen LogP contribution in [0, 0.1) is 0 Å². The van der Waals surface area contributed by atoms with E-state index in [-0.39, 0.29) is 18.0 Å². The fraction of sp³-hybridized carbons (Fsp3) is 0.250. The minimum atomic E-state index is -4.60. The second-order valence-electron chi connectivity index (χ2n) is 8.11. The summed E-state index contributed by atoms with van der Waals surface area (Å²) >= 11 is 0. The van der Waals surface area contributed by atoms with Crippen molar-refractivity contribution >= 4 is 28.7 Å². The fourth-order valence-corrected chi connectivity index (χ4v) is 4.09. The molecule has 5 rings (SSSR count). The van der Waals surface area contributed by atoms with Gasteiger partial charge in [-0.1, -0.05) is 23.4 Å². The van der Waals surface area contributed by atoms with E-state index in [1.54, 1.807) is 35.2 Å². The Labute approximate surface area is 198 Å². The second-order valence-corrected chi connectivity index (χ2v) is 8.11. The van der Waals surface area contributed by atoms with Gasteiger partial charge in [-0.2, -0.15) is 13.2 Å². The maximum atomic E-state index is 13.9. The van der Waals surface area contributed by atoms with Gasteiger partial charge in [-0.15, -0.1) is 0 Å². The highest BCUT2D eigenvalue weighted by Gasteiger charge is 2.37. The van der Waals surface area contributed by atoms with Gasteiger partial charge in [-0.05, 0) is 23.8 Å². The number of aliphatic hydroxyl groups excluding tert-OH is 1. The van der Waals surface area contributed by atoms with Crippen molar-refractivity contribution in [2.45, 2.75) is 12.8 Å². The lowest BCUT2D eigenvalue weighted by molar-refractivity contribution is -0.137. The number of halogens is 3. The van der Waals surface area contributed by atoms with Gasteiger partial charge < -0.3 is 29.9 Å². The molecule has 0 radical (unpaired) electrons. The lowest BCUT2D eigenvalue weighted by Gasteiger charge is -2.32. The van der Waals surface area contributed by atoms with E-state index in [0.29, 0.717) is 60.3 Å². The highest BCUT2D eigenvalue weighted by Crippen LogP contribution is 2.43. The van der Waals surface area contributed by atoms with Gasteiger partial charge in [-0.25, -0.2) is 0 Å². The molecule has 1 aromatic heterocycles. The first-order valence-corrected chi connectivity index (χ1v) is 10.9. The number of aromatic nitrogens is 1. The zero-order chi connectivity index (χ0) is 24.6. The predicted octanol–water partition coefficient (Wildman–Crippen LogP) is 4.09. The van der Waals surface area contributed by atoms with Crippen molar-refractivity contribution in [2.75, 3.05) is 41.8 Å². The third-order valence-corrected chi connectivity index (χ3v) is 5.77. The number of amides is 1. The van der Waals surface area contributed by atoms with Crippen LogP contribution in [0.15, 0.2) is 53.1 Å². The molecule has 1 saturated heterocycles. The lowest BCUT2D eigenvalue weighted by atomic mass is 10.0. The zero-order valence-electron chi connectivity index (χ0n) is 18.4. The number of morpholine rings is 1. The molecule has 2 aliphatic rings. The van der Waals surface area contributed by atoms with Gasteiger partial charge in [-0.3, -0.25) is 4.79 Å². The Kier molecular flexibility index (Phi) is 5.95. The number of benzene rings is 2. The SMILES string of the molecule is O=C1C=C(c2cccc(-c3cc(CO)no3)c2)Nc2cc(N3CCOCC3)c(C(F)(F)F)cc2N1. The van der Waals surface area contributed by atoms with Crippen molar-refractivity contribution in [2.24, 2.45) is 0 Å². The summed E-state index contributed by atoms with van der Waals surface area (Å²) < 4.78 is 52.3. The van der Waals surface area contributed by atoms with Gasteiger partial charge in [0.05, 0.1) is 48.1 Å². The maximum Gasteiger partial charge on any atom is 0.418 e. The van der Waals surface area contributed by atoms with Crippen LogP contribution in [0.5, 0.6) is 0 Å². The molecule has 0 spiro atoms. The molecule has 1 fully saturated rings. The molecule has 2 aliphatic heterocycles. The van der Waals surface area contributed by atoms with Gasteiger partial charge in [0, 0.05) is 30.8 Å². The largest absolute Gasteiger partial charge is 0.418 e. The van der Waals surface area contributed by atoms with Gasteiger partial charge in [0.1, 0.15) is 5.69 Å². The van der Waals surface area contributed by atoms with Crippen LogP contribution < -0.4 is 15.5 Å². The standard InChI is InChI=1S/C24H21F3N4O4/c25-24(26,27)17-10-19-20(11-21(17)31-4-6-34-7-5-31)28-18(12-23(33)29-19)14-2-1-3-15(8-14)22-9-16(13-32)30-35-22/h1-3,8-12,28,32H,4-7,13H2,(H,29,33). The van der Waals surface area contributed by atoms with Gasteiger partial charge >= 0.3 is 6.18 Å². The first-order valence-electron chi connectivity index (χ1n) is 10.9. The minimum absolute atomic E-state index is 0.0227. The second kappa shape index (κ2) is 9.08. The molecule has 0 unspecified atom stereocenters. The van der Waals surface area contributed by atoms with Crippen molar-refractivity contribution in [1.82, 2.24) is 5.16 Å². The Hall–Kier alpha value is -3.83. The molecule has 11 heteroatoms. The number of rotatable bonds is 4. The maximum absolute atomic E-state index is 13.9. The number of carbonyl (C=O) groups is 1. The van der Waals surface area contributed by atoms with Crippen LogP contribution >= 0.6 is 0 Å². The van der Waals surface area contributed by atoms with Crippen molar-refractivity contribution in [1.29, 1.82) is 0 Å². The molecule has 0 saturated carbocycles. The van der Waals surface area contributed by atoms with E-state index in [1.807, 2.05) is 0 Å². The number of aliphatic hydroxyl groups is 1. The van der Waals surface area contributed by atoms with Crippen LogP contribution in [0.2, 0.25) is 0 Å². The Bertz CT molecular complexity index is 1300. The summed E-state index contributed by atoms with van der Waals surface area (Å²) in [5.41, 5.74) is 1.61. The van der Waals surface area contributed by atoms with E-state index in [0.717, 1.165) is 6.07 Å². The van der Waals surface area contributed by atoms with E-state index in [1.165, 1.54) is 12.1 Å².